The number of nitrogens with one attached hydrogen (secondary N) is 1. The largest absolute Gasteiger partial charge is 0.370 e. The van der Waals surface area contributed by atoms with E-state index in [0.29, 0.717) is 23.1 Å². The molecule has 2 fully saturated rings. The number of rotatable bonds is 5. The van der Waals surface area contributed by atoms with Gasteiger partial charge < -0.3 is 10.2 Å². The molecular weight excluding hydrogens is 379 g/mol. The molecule has 0 aliphatic carbocycles. The van der Waals surface area contributed by atoms with Gasteiger partial charge in [-0.3, -0.25) is 4.90 Å². The maximum atomic E-state index is 13.5. The summed E-state index contributed by atoms with van der Waals surface area (Å²) in [6.07, 6.45) is 1.59. The zero-order chi connectivity index (χ0) is 20.9. The van der Waals surface area contributed by atoms with Gasteiger partial charge in [-0.25, -0.2) is 9.07 Å². The number of hydrogen-bond donors (Lipinski definition) is 1. The van der Waals surface area contributed by atoms with Gasteiger partial charge in [-0.1, -0.05) is 6.07 Å². The summed E-state index contributed by atoms with van der Waals surface area (Å²) in [5.74, 6) is 0.193. The molecule has 0 amide bonds. The van der Waals surface area contributed by atoms with Gasteiger partial charge in [0.05, 0.1) is 5.69 Å². The van der Waals surface area contributed by atoms with Gasteiger partial charge in [0.2, 0.25) is 5.95 Å². The topological polar surface area (TPSA) is 49.2 Å². The monoisotopic (exact) mass is 406 g/mol. The molecule has 2 saturated heterocycles. The predicted molar refractivity (Wildman–Crippen MR) is 117 cm³/mol. The lowest BCUT2D eigenvalue weighted by molar-refractivity contribution is -0.0411. The second kappa shape index (κ2) is 7.09. The Morgan fingerprint density at radius 3 is 2.57 bits per heavy atom. The van der Waals surface area contributed by atoms with Crippen molar-refractivity contribution in [2.75, 3.05) is 36.4 Å². The zero-order valence-electron chi connectivity index (χ0n) is 17.6. The third-order valence-corrected chi connectivity index (χ3v) is 6.11. The number of anilines is 3. The normalized spacial score (nSPS) is 17.8. The summed E-state index contributed by atoms with van der Waals surface area (Å²) in [5.41, 5.74) is 4.50. The molecule has 30 heavy (non-hydrogen) atoms. The van der Waals surface area contributed by atoms with Crippen LogP contribution in [0.5, 0.6) is 0 Å². The molecule has 0 bridgehead atoms. The number of aromatic nitrogens is 3. The molecule has 2 aliphatic rings. The SMILES string of the molecule is Cc1cc(Nc2ncn(-c3cccc(F)c3)n2)cc(N2CC3(C2)CN(C(C)C)C3)c1. The molecule has 156 valence electrons. The maximum absolute atomic E-state index is 13.5. The molecule has 2 aliphatic heterocycles. The van der Waals surface area contributed by atoms with Gasteiger partial charge in [-0.15, -0.1) is 5.10 Å². The van der Waals surface area contributed by atoms with Gasteiger partial charge in [0, 0.05) is 49.0 Å². The van der Waals surface area contributed by atoms with Crippen LogP contribution in [0, 0.1) is 18.2 Å². The third kappa shape index (κ3) is 3.54. The molecule has 2 aromatic carbocycles. The minimum atomic E-state index is -0.295. The molecule has 1 spiro atoms. The Morgan fingerprint density at radius 1 is 1.03 bits per heavy atom. The highest BCUT2D eigenvalue weighted by Gasteiger charge is 2.52. The fourth-order valence-electron chi connectivity index (χ4n) is 4.54. The van der Waals surface area contributed by atoms with Gasteiger partial charge in [0.1, 0.15) is 12.1 Å². The lowest BCUT2D eigenvalue weighted by Crippen LogP contribution is -2.73. The van der Waals surface area contributed by atoms with Crippen molar-refractivity contribution in [3.05, 3.63) is 60.2 Å². The van der Waals surface area contributed by atoms with Crippen molar-refractivity contribution >= 4 is 17.3 Å². The van der Waals surface area contributed by atoms with Crippen molar-refractivity contribution in [1.82, 2.24) is 19.7 Å². The average molecular weight is 407 g/mol. The second-order valence-corrected chi connectivity index (χ2v) is 9.03. The average Bonchev–Trinajstić information content (AvgIpc) is 3.07. The summed E-state index contributed by atoms with van der Waals surface area (Å²) in [4.78, 5) is 9.32. The summed E-state index contributed by atoms with van der Waals surface area (Å²) in [7, 11) is 0. The Balaban J connectivity index is 1.27. The smallest absolute Gasteiger partial charge is 0.246 e. The van der Waals surface area contributed by atoms with Crippen LogP contribution in [-0.2, 0) is 0 Å². The molecule has 3 heterocycles. The standard InChI is InChI=1S/C23H27FN6/c1-16(2)28-11-23(12-28)13-29(14-23)21-8-17(3)7-19(10-21)26-22-25-15-30(27-22)20-6-4-5-18(24)9-20/h4-10,15-16H,11-14H2,1-3H3,(H,26,27). The van der Waals surface area contributed by atoms with E-state index in [-0.39, 0.29) is 5.82 Å². The summed E-state index contributed by atoms with van der Waals surface area (Å²) in [5, 5.41) is 7.73. The molecule has 3 aromatic rings. The van der Waals surface area contributed by atoms with E-state index in [1.165, 1.54) is 36.5 Å². The highest BCUT2D eigenvalue weighted by molar-refractivity contribution is 5.65. The van der Waals surface area contributed by atoms with Crippen LogP contribution in [0.3, 0.4) is 0 Å². The molecule has 0 unspecified atom stereocenters. The van der Waals surface area contributed by atoms with Gasteiger partial charge in [-0.2, -0.15) is 4.98 Å². The van der Waals surface area contributed by atoms with Gasteiger partial charge in [-0.05, 0) is 62.7 Å². The molecule has 0 radical (unpaired) electrons. The predicted octanol–water partition coefficient (Wildman–Crippen LogP) is 3.99. The van der Waals surface area contributed by atoms with E-state index in [0.717, 1.165) is 18.8 Å². The van der Waals surface area contributed by atoms with Crippen molar-refractivity contribution in [3.63, 3.8) is 0 Å². The highest BCUT2D eigenvalue weighted by Crippen LogP contribution is 2.43. The second-order valence-electron chi connectivity index (χ2n) is 9.03. The molecule has 6 nitrogen and oxygen atoms in total. The van der Waals surface area contributed by atoms with Crippen LogP contribution < -0.4 is 10.2 Å². The maximum Gasteiger partial charge on any atom is 0.246 e. The number of likely N-dealkylation sites (tertiary alicyclic amines) is 1. The number of halogens is 1. The lowest BCUT2D eigenvalue weighted by atomic mass is 9.72. The number of nitrogens with zero attached hydrogens (tertiary/aromatic N) is 5. The van der Waals surface area contributed by atoms with E-state index < -0.39 is 0 Å². The van der Waals surface area contributed by atoms with Crippen LogP contribution in [-0.4, -0.2) is 51.9 Å². The fourth-order valence-corrected chi connectivity index (χ4v) is 4.54. The first-order valence-corrected chi connectivity index (χ1v) is 10.4. The molecule has 1 N–H and O–H groups in total. The summed E-state index contributed by atoms with van der Waals surface area (Å²) in [6, 6.07) is 13.4. The van der Waals surface area contributed by atoms with Gasteiger partial charge in [0.15, 0.2) is 0 Å². The summed E-state index contributed by atoms with van der Waals surface area (Å²) in [6.45, 7) is 11.3. The van der Waals surface area contributed by atoms with Gasteiger partial charge >= 0.3 is 0 Å². The van der Waals surface area contributed by atoms with E-state index in [4.69, 9.17) is 0 Å². The lowest BCUT2D eigenvalue weighted by Gasteiger charge is -2.62. The molecule has 5 rings (SSSR count). The van der Waals surface area contributed by atoms with E-state index in [1.54, 1.807) is 23.1 Å². The van der Waals surface area contributed by atoms with Crippen LogP contribution in [0.2, 0.25) is 0 Å². The molecule has 1 aromatic heterocycles. The summed E-state index contributed by atoms with van der Waals surface area (Å²) >= 11 is 0. The molecule has 7 heteroatoms. The first kappa shape index (κ1) is 19.1. The van der Waals surface area contributed by atoms with Crippen molar-refractivity contribution in [2.24, 2.45) is 5.41 Å². The van der Waals surface area contributed by atoms with Crippen LogP contribution in [0.4, 0.5) is 21.7 Å². The zero-order valence-corrected chi connectivity index (χ0v) is 17.6. The van der Waals surface area contributed by atoms with E-state index >= 15 is 0 Å². The van der Waals surface area contributed by atoms with Crippen LogP contribution >= 0.6 is 0 Å². The minimum absolute atomic E-state index is 0.295. The van der Waals surface area contributed by atoms with E-state index in [9.17, 15) is 4.39 Å². The summed E-state index contributed by atoms with van der Waals surface area (Å²) < 4.78 is 15.0. The van der Waals surface area contributed by atoms with E-state index in [1.807, 2.05) is 0 Å². The van der Waals surface area contributed by atoms with Crippen molar-refractivity contribution in [2.45, 2.75) is 26.8 Å². The Morgan fingerprint density at radius 2 is 1.83 bits per heavy atom. The van der Waals surface area contributed by atoms with Crippen LogP contribution in [0.1, 0.15) is 19.4 Å². The van der Waals surface area contributed by atoms with Gasteiger partial charge in [0.25, 0.3) is 0 Å². The van der Waals surface area contributed by atoms with Crippen molar-refractivity contribution < 1.29 is 4.39 Å². The Labute approximate surface area is 176 Å². The van der Waals surface area contributed by atoms with E-state index in [2.05, 4.69) is 64.2 Å². The highest BCUT2D eigenvalue weighted by atomic mass is 19.1. The number of hydrogen-bond acceptors (Lipinski definition) is 5. The number of benzene rings is 2. The molecular formula is C23H27FN6. The Bertz CT molecular complexity index is 1060. The Hall–Kier alpha value is -2.93. The quantitative estimate of drug-likeness (QED) is 0.694. The first-order valence-electron chi connectivity index (χ1n) is 10.4. The fraction of sp³-hybridized carbons (Fsp3) is 0.391. The van der Waals surface area contributed by atoms with Crippen molar-refractivity contribution in [3.8, 4) is 5.69 Å². The van der Waals surface area contributed by atoms with Crippen LogP contribution in [0.25, 0.3) is 5.69 Å². The third-order valence-electron chi connectivity index (χ3n) is 6.11. The molecule has 0 saturated carbocycles. The van der Waals surface area contributed by atoms with Crippen molar-refractivity contribution in [1.29, 1.82) is 0 Å². The Kier molecular flexibility index (Phi) is 4.50. The molecule has 0 atom stereocenters. The first-order chi connectivity index (χ1) is 14.4. The number of aryl methyl sites for hydroxylation is 1. The van der Waals surface area contributed by atoms with Crippen LogP contribution in [0.15, 0.2) is 48.8 Å². The minimum Gasteiger partial charge on any atom is -0.370 e.